The van der Waals surface area contributed by atoms with Gasteiger partial charge in [0, 0.05) is 11.2 Å². The molecule has 0 radical (unpaired) electrons. The van der Waals surface area contributed by atoms with Gasteiger partial charge in [0.2, 0.25) is 0 Å². The van der Waals surface area contributed by atoms with Crippen LogP contribution in [0.4, 0.5) is 0 Å². The van der Waals surface area contributed by atoms with Gasteiger partial charge < -0.3 is 0 Å². The fourth-order valence-corrected chi connectivity index (χ4v) is 0. The first kappa shape index (κ1) is 6.68. The lowest BCUT2D eigenvalue weighted by molar-refractivity contribution is 0.579. The van der Waals surface area contributed by atoms with E-state index in [4.69, 9.17) is 4.55 Å². The molecule has 0 aliphatic heterocycles. The summed E-state index contributed by atoms with van der Waals surface area (Å²) in [6, 6.07) is 0. The Morgan fingerprint density at radius 2 is 2.17 bits per heavy atom. The molecule has 0 rings (SSSR count). The second-order valence-corrected chi connectivity index (χ2v) is 6.13. The van der Waals surface area contributed by atoms with Crippen molar-refractivity contribution in [3.05, 3.63) is 0 Å². The molecule has 0 aliphatic carbocycles. The highest BCUT2D eigenvalue weighted by Gasteiger charge is 1.88. The fraction of sp³-hybridized carbons (Fsp3) is 1.00. The maximum absolute atomic E-state index is 9.89. The standard InChI is InChI=1S/CH4O2S3/c1-5-6(2,3)4/h1H3,(H,2,3,4). The summed E-state index contributed by atoms with van der Waals surface area (Å²) >= 11 is 4.03. The number of hydrogen-bond donors (Lipinski definition) is 1. The number of rotatable bonds is 1. The molecule has 0 aromatic heterocycles. The SMILES string of the molecule is CSS(=O)(O)=S. The van der Waals surface area contributed by atoms with Crippen LogP contribution in [0.3, 0.4) is 0 Å². The first-order valence-corrected chi connectivity index (χ1v) is 5.27. The summed E-state index contributed by atoms with van der Waals surface area (Å²) < 4.78 is 18.0. The van der Waals surface area contributed by atoms with Crippen molar-refractivity contribution in [3.63, 3.8) is 0 Å². The summed E-state index contributed by atoms with van der Waals surface area (Å²) in [4.78, 5) is 0. The molecule has 1 atom stereocenters. The molecule has 5 heteroatoms. The van der Waals surface area contributed by atoms with Gasteiger partial charge in [-0.1, -0.05) is 0 Å². The van der Waals surface area contributed by atoms with Gasteiger partial charge in [0.25, 0.3) is 0 Å². The van der Waals surface area contributed by atoms with Crippen LogP contribution in [0.15, 0.2) is 0 Å². The molecule has 0 aromatic rings. The van der Waals surface area contributed by atoms with Crippen LogP contribution < -0.4 is 0 Å². The lowest BCUT2D eigenvalue weighted by Gasteiger charge is -1.83. The normalized spacial score (nSPS) is 19.7. The van der Waals surface area contributed by atoms with Gasteiger partial charge in [-0.25, -0.2) is 4.21 Å². The molecule has 0 aromatic carbocycles. The zero-order valence-electron chi connectivity index (χ0n) is 3.08. The van der Waals surface area contributed by atoms with Crippen LogP contribution in [0.1, 0.15) is 0 Å². The highest BCUT2D eigenvalue weighted by Crippen LogP contribution is 2.01. The summed E-state index contributed by atoms with van der Waals surface area (Å²) in [6.45, 7) is 0. The van der Waals surface area contributed by atoms with Crippen LogP contribution in [0.2, 0.25) is 0 Å². The van der Waals surface area contributed by atoms with E-state index in [2.05, 4.69) is 11.2 Å². The van der Waals surface area contributed by atoms with Gasteiger partial charge in [-0.2, -0.15) is 0 Å². The third-order valence-corrected chi connectivity index (χ3v) is 3.12. The second-order valence-electron chi connectivity index (χ2n) is 0.594. The van der Waals surface area contributed by atoms with Gasteiger partial charge in [0.15, 0.2) is 7.80 Å². The van der Waals surface area contributed by atoms with Crippen LogP contribution in [-0.2, 0) is 19.0 Å². The molecule has 0 heterocycles. The molecule has 6 heavy (non-hydrogen) atoms. The third-order valence-electron chi connectivity index (χ3n) is 0.211. The Labute approximate surface area is 45.2 Å². The molecule has 1 N–H and O–H groups in total. The van der Waals surface area contributed by atoms with Crippen LogP contribution in [0, 0.1) is 0 Å². The largest absolute Gasteiger partial charge is 0.298 e. The van der Waals surface area contributed by atoms with Gasteiger partial charge in [-0.15, -0.1) is 0 Å². The molecule has 0 saturated heterocycles. The van der Waals surface area contributed by atoms with Crippen molar-refractivity contribution >= 4 is 29.8 Å². The van der Waals surface area contributed by atoms with Gasteiger partial charge in [-0.05, 0) is 17.0 Å². The zero-order valence-corrected chi connectivity index (χ0v) is 5.53. The summed E-state index contributed by atoms with van der Waals surface area (Å²) in [6.07, 6.45) is 1.50. The molecule has 38 valence electrons. The Morgan fingerprint density at radius 3 is 2.17 bits per heavy atom. The molecule has 1 unspecified atom stereocenters. The third kappa shape index (κ3) is 4.68. The Hall–Kier alpha value is 0.680. The van der Waals surface area contributed by atoms with Crippen molar-refractivity contribution in [1.82, 2.24) is 0 Å². The maximum Gasteiger partial charge on any atom is 0.195 e. The molecular weight excluding hydrogens is 140 g/mol. The average molecular weight is 144 g/mol. The molecule has 0 saturated carbocycles. The molecule has 0 amide bonds. The van der Waals surface area contributed by atoms with Crippen LogP contribution in [0.5, 0.6) is 0 Å². The molecule has 0 spiro atoms. The van der Waals surface area contributed by atoms with Crippen molar-refractivity contribution in [3.8, 4) is 0 Å². The summed E-state index contributed by atoms with van der Waals surface area (Å²) in [5, 5.41) is 0. The number of hydrogen-bond acceptors (Lipinski definition) is 3. The zero-order chi connectivity index (χ0) is 5.21. The van der Waals surface area contributed by atoms with Crippen LogP contribution in [-0.4, -0.2) is 15.0 Å². The summed E-state index contributed by atoms with van der Waals surface area (Å²) in [5.41, 5.74) is 0. The van der Waals surface area contributed by atoms with Gasteiger partial charge in [0.1, 0.15) is 0 Å². The first-order valence-electron chi connectivity index (χ1n) is 1.09. The van der Waals surface area contributed by atoms with E-state index in [0.29, 0.717) is 0 Å². The average Bonchev–Trinajstić information content (AvgIpc) is 1.35. The maximum atomic E-state index is 9.89. The van der Waals surface area contributed by atoms with Crippen molar-refractivity contribution in [1.29, 1.82) is 0 Å². The predicted octanol–water partition coefficient (Wildman–Crippen LogP) is 0.484. The monoisotopic (exact) mass is 144 g/mol. The summed E-state index contributed by atoms with van der Waals surface area (Å²) in [5.74, 6) is 0. The van der Waals surface area contributed by atoms with E-state index in [1.165, 1.54) is 6.26 Å². The smallest absolute Gasteiger partial charge is 0.195 e. The van der Waals surface area contributed by atoms with E-state index in [1.54, 1.807) is 0 Å². The molecule has 2 nitrogen and oxygen atoms in total. The fourth-order valence-electron chi connectivity index (χ4n) is 0. The Bertz CT molecular complexity index is 111. The van der Waals surface area contributed by atoms with Crippen molar-refractivity contribution < 1.29 is 8.76 Å². The van der Waals surface area contributed by atoms with E-state index in [0.717, 1.165) is 10.8 Å². The minimum atomic E-state index is -2.91. The molecular formula is CH4O2S3. The van der Waals surface area contributed by atoms with E-state index >= 15 is 0 Å². The van der Waals surface area contributed by atoms with Gasteiger partial charge >= 0.3 is 0 Å². The first-order chi connectivity index (χ1) is 2.56. The lowest BCUT2D eigenvalue weighted by Crippen LogP contribution is -1.81. The van der Waals surface area contributed by atoms with Gasteiger partial charge in [0.05, 0.1) is 0 Å². The second kappa shape index (κ2) is 2.11. The topological polar surface area (TPSA) is 37.3 Å². The Balaban J connectivity index is 3.85. The van der Waals surface area contributed by atoms with E-state index in [1.807, 2.05) is 0 Å². The predicted molar refractivity (Wildman–Crippen MR) is 31.7 cm³/mol. The van der Waals surface area contributed by atoms with Gasteiger partial charge in [-0.3, -0.25) is 4.55 Å². The molecule has 0 bridgehead atoms. The Morgan fingerprint density at radius 1 is 2.00 bits per heavy atom. The van der Waals surface area contributed by atoms with Crippen molar-refractivity contribution in [2.24, 2.45) is 0 Å². The molecule has 0 fully saturated rings. The molecule has 0 aliphatic rings. The van der Waals surface area contributed by atoms with E-state index in [-0.39, 0.29) is 0 Å². The lowest BCUT2D eigenvalue weighted by atomic mass is 12.0. The van der Waals surface area contributed by atoms with E-state index in [9.17, 15) is 4.21 Å². The quantitative estimate of drug-likeness (QED) is 0.543. The van der Waals surface area contributed by atoms with Crippen LogP contribution in [0.25, 0.3) is 0 Å². The van der Waals surface area contributed by atoms with E-state index < -0.39 is 7.80 Å². The Kier molecular flexibility index (Phi) is 2.35. The van der Waals surface area contributed by atoms with Crippen LogP contribution >= 0.6 is 10.8 Å². The van der Waals surface area contributed by atoms with Crippen molar-refractivity contribution in [2.75, 3.05) is 6.26 Å². The highest BCUT2D eigenvalue weighted by molar-refractivity contribution is 8.83. The van der Waals surface area contributed by atoms with Crippen molar-refractivity contribution in [2.45, 2.75) is 0 Å². The minimum absolute atomic E-state index is 0.780. The highest BCUT2D eigenvalue weighted by atomic mass is 33.4. The summed E-state index contributed by atoms with van der Waals surface area (Å²) in [7, 11) is -2.13. The minimum Gasteiger partial charge on any atom is -0.298 e.